The first-order chi connectivity index (χ1) is 11.5. The fourth-order valence-electron chi connectivity index (χ4n) is 4.31. The van der Waals surface area contributed by atoms with Crippen LogP contribution in [0.1, 0.15) is 12.8 Å². The monoisotopic (exact) mass is 349 g/mol. The molecule has 3 aliphatic rings. The summed E-state index contributed by atoms with van der Waals surface area (Å²) in [6, 6.07) is 6.80. The Morgan fingerprint density at radius 2 is 2.08 bits per heavy atom. The van der Waals surface area contributed by atoms with E-state index in [4.69, 9.17) is 21.1 Å². The number of amides is 1. The number of anilines is 1. The topological polar surface area (TPSA) is 81.7 Å². The molecule has 1 aliphatic heterocycles. The van der Waals surface area contributed by atoms with E-state index < -0.39 is 30.3 Å². The normalized spacial score (nSPS) is 32.5. The number of hydrogen-bond acceptors (Lipinski definition) is 5. The van der Waals surface area contributed by atoms with Gasteiger partial charge in [0.05, 0.1) is 22.5 Å². The number of hydrogen-bond donors (Lipinski definition) is 1. The molecule has 6 nitrogen and oxygen atoms in total. The Morgan fingerprint density at radius 1 is 1.29 bits per heavy atom. The summed E-state index contributed by atoms with van der Waals surface area (Å²) in [6.07, 6.45) is 1.52. The minimum absolute atomic E-state index is 0.0277. The lowest BCUT2D eigenvalue weighted by Crippen LogP contribution is -2.34. The molecule has 0 aromatic heterocycles. The molecule has 5 atom stereocenters. The van der Waals surface area contributed by atoms with Crippen molar-refractivity contribution in [3.8, 4) is 0 Å². The van der Waals surface area contributed by atoms with Crippen molar-refractivity contribution in [1.29, 1.82) is 0 Å². The van der Waals surface area contributed by atoms with E-state index in [0.717, 1.165) is 12.8 Å². The summed E-state index contributed by atoms with van der Waals surface area (Å²) in [7, 11) is 0. The van der Waals surface area contributed by atoms with Crippen molar-refractivity contribution in [2.75, 3.05) is 11.9 Å². The van der Waals surface area contributed by atoms with Crippen LogP contribution in [0.3, 0.4) is 0 Å². The lowest BCUT2D eigenvalue weighted by atomic mass is 9.80. The predicted octanol–water partition coefficient (Wildman–Crippen LogP) is 2.02. The molecule has 1 aromatic carbocycles. The van der Waals surface area contributed by atoms with Crippen LogP contribution < -0.4 is 5.32 Å². The fourth-order valence-corrected chi connectivity index (χ4v) is 4.49. The molecule has 1 saturated heterocycles. The molecule has 1 amide bonds. The summed E-state index contributed by atoms with van der Waals surface area (Å²) in [4.78, 5) is 36.2. The van der Waals surface area contributed by atoms with Gasteiger partial charge in [-0.05, 0) is 30.9 Å². The van der Waals surface area contributed by atoms with Crippen molar-refractivity contribution in [1.82, 2.24) is 0 Å². The van der Waals surface area contributed by atoms with E-state index in [1.807, 2.05) is 0 Å². The number of fused-ring (bicyclic) bond motifs is 1. The van der Waals surface area contributed by atoms with E-state index in [1.165, 1.54) is 0 Å². The Kier molecular flexibility index (Phi) is 3.72. The quantitative estimate of drug-likeness (QED) is 0.841. The van der Waals surface area contributed by atoms with Gasteiger partial charge in [-0.3, -0.25) is 14.4 Å². The Balaban J connectivity index is 1.35. The lowest BCUT2D eigenvalue weighted by Gasteiger charge is -2.22. The van der Waals surface area contributed by atoms with E-state index >= 15 is 0 Å². The highest BCUT2D eigenvalue weighted by Gasteiger charge is 2.64. The zero-order chi connectivity index (χ0) is 16.8. The number of halogens is 1. The number of ether oxygens (including phenoxy) is 2. The highest BCUT2D eigenvalue weighted by molar-refractivity contribution is 6.33. The zero-order valence-corrected chi connectivity index (χ0v) is 13.5. The summed E-state index contributed by atoms with van der Waals surface area (Å²) in [5.74, 6) is -1.87. The van der Waals surface area contributed by atoms with Crippen molar-refractivity contribution in [3.05, 3.63) is 29.3 Å². The lowest BCUT2D eigenvalue weighted by molar-refractivity contribution is -0.157. The first-order valence-electron chi connectivity index (χ1n) is 7.96. The van der Waals surface area contributed by atoms with Gasteiger partial charge in [0.15, 0.2) is 6.61 Å². The molecule has 0 spiro atoms. The Labute approximate surface area is 143 Å². The molecule has 7 heteroatoms. The van der Waals surface area contributed by atoms with Gasteiger partial charge in [0.2, 0.25) is 0 Å². The summed E-state index contributed by atoms with van der Waals surface area (Å²) in [6.45, 7) is -0.400. The standard InChI is InChI=1S/C17H16ClNO5/c18-10-3-1-2-4-11(10)19-13(20)7-23-16(21)14-8-5-9-12(6-8)24-17(22)15(9)14/h1-4,8-9,12,14-15H,5-7H2,(H,19,20)/t8-,9+,12+,14-,15+/m1/s1. The van der Waals surface area contributed by atoms with Crippen LogP contribution in [0, 0.1) is 23.7 Å². The average molecular weight is 350 g/mol. The summed E-state index contributed by atoms with van der Waals surface area (Å²) in [5, 5.41) is 3.00. The van der Waals surface area contributed by atoms with Gasteiger partial charge in [0.1, 0.15) is 6.10 Å². The molecular weight excluding hydrogens is 334 g/mol. The van der Waals surface area contributed by atoms with Gasteiger partial charge in [-0.1, -0.05) is 23.7 Å². The van der Waals surface area contributed by atoms with Gasteiger partial charge < -0.3 is 14.8 Å². The molecule has 24 heavy (non-hydrogen) atoms. The molecule has 4 rings (SSSR count). The highest BCUT2D eigenvalue weighted by atomic mass is 35.5. The molecule has 1 aromatic rings. The molecule has 0 radical (unpaired) electrons. The number of para-hydroxylation sites is 1. The molecule has 1 N–H and O–H groups in total. The van der Waals surface area contributed by atoms with Crippen molar-refractivity contribution in [2.45, 2.75) is 18.9 Å². The molecule has 3 fully saturated rings. The number of benzene rings is 1. The Bertz CT molecular complexity index is 719. The SMILES string of the molecule is O=C(COC(=O)[C@@H]1[C@@H]2C[C@@H]3[C@@H]1C(=O)O[C@H]3C2)Nc1ccccc1Cl. The summed E-state index contributed by atoms with van der Waals surface area (Å²) >= 11 is 5.96. The van der Waals surface area contributed by atoms with Crippen molar-refractivity contribution < 1.29 is 23.9 Å². The van der Waals surface area contributed by atoms with Crippen LogP contribution >= 0.6 is 11.6 Å². The second-order valence-electron chi connectivity index (χ2n) is 6.56. The third-order valence-electron chi connectivity index (χ3n) is 5.25. The smallest absolute Gasteiger partial charge is 0.310 e. The second kappa shape index (κ2) is 5.77. The van der Waals surface area contributed by atoms with Crippen LogP contribution in [-0.4, -0.2) is 30.6 Å². The maximum absolute atomic E-state index is 12.4. The minimum Gasteiger partial charge on any atom is -0.462 e. The summed E-state index contributed by atoms with van der Waals surface area (Å²) in [5.41, 5.74) is 0.461. The summed E-state index contributed by atoms with van der Waals surface area (Å²) < 4.78 is 10.4. The Hall–Kier alpha value is -2.08. The molecule has 2 aliphatic carbocycles. The second-order valence-corrected chi connectivity index (χ2v) is 6.97. The first-order valence-corrected chi connectivity index (χ1v) is 8.34. The minimum atomic E-state index is -0.487. The van der Waals surface area contributed by atoms with Gasteiger partial charge >= 0.3 is 11.9 Å². The van der Waals surface area contributed by atoms with Gasteiger partial charge in [-0.25, -0.2) is 0 Å². The molecule has 2 bridgehead atoms. The van der Waals surface area contributed by atoms with Crippen LogP contribution in [0.4, 0.5) is 5.69 Å². The third-order valence-corrected chi connectivity index (χ3v) is 5.58. The number of nitrogens with one attached hydrogen (secondary N) is 1. The van der Waals surface area contributed by atoms with Crippen LogP contribution in [0.5, 0.6) is 0 Å². The van der Waals surface area contributed by atoms with E-state index in [2.05, 4.69) is 5.32 Å². The van der Waals surface area contributed by atoms with Gasteiger partial charge in [-0.2, -0.15) is 0 Å². The van der Waals surface area contributed by atoms with E-state index in [1.54, 1.807) is 24.3 Å². The number of rotatable bonds is 4. The predicted molar refractivity (Wildman–Crippen MR) is 84.1 cm³/mol. The van der Waals surface area contributed by atoms with Crippen molar-refractivity contribution in [3.63, 3.8) is 0 Å². The number of carbonyl (C=O) groups is 3. The van der Waals surface area contributed by atoms with Gasteiger partial charge in [-0.15, -0.1) is 0 Å². The van der Waals surface area contributed by atoms with Crippen LogP contribution in [0.15, 0.2) is 24.3 Å². The number of carbonyl (C=O) groups excluding carboxylic acids is 3. The van der Waals surface area contributed by atoms with Crippen LogP contribution in [0.2, 0.25) is 5.02 Å². The van der Waals surface area contributed by atoms with E-state index in [-0.39, 0.29) is 23.9 Å². The molecule has 1 heterocycles. The molecule has 126 valence electrons. The first kappa shape index (κ1) is 15.4. The van der Waals surface area contributed by atoms with Crippen molar-refractivity contribution in [2.24, 2.45) is 23.7 Å². The average Bonchev–Trinajstić information content (AvgIpc) is 3.16. The molecular formula is C17H16ClNO5. The molecule has 2 saturated carbocycles. The zero-order valence-electron chi connectivity index (χ0n) is 12.7. The highest BCUT2D eigenvalue weighted by Crippen LogP contribution is 2.57. The third kappa shape index (κ3) is 2.45. The van der Waals surface area contributed by atoms with Gasteiger partial charge in [0.25, 0.3) is 5.91 Å². The largest absolute Gasteiger partial charge is 0.462 e. The van der Waals surface area contributed by atoms with E-state index in [9.17, 15) is 14.4 Å². The maximum Gasteiger partial charge on any atom is 0.310 e. The van der Waals surface area contributed by atoms with E-state index in [0.29, 0.717) is 10.7 Å². The number of esters is 2. The molecule has 0 unspecified atom stereocenters. The Morgan fingerprint density at radius 3 is 2.88 bits per heavy atom. The maximum atomic E-state index is 12.4. The fraction of sp³-hybridized carbons (Fsp3) is 0.471. The van der Waals surface area contributed by atoms with Gasteiger partial charge in [0, 0.05) is 5.92 Å². The van der Waals surface area contributed by atoms with Crippen LogP contribution in [0.25, 0.3) is 0 Å². The van der Waals surface area contributed by atoms with Crippen molar-refractivity contribution >= 4 is 35.1 Å². The van der Waals surface area contributed by atoms with Crippen LogP contribution in [-0.2, 0) is 23.9 Å².